The van der Waals surface area contributed by atoms with Gasteiger partial charge in [-0.25, -0.2) is 5.10 Å². The normalized spacial score (nSPS) is 11.2. The summed E-state index contributed by atoms with van der Waals surface area (Å²) in [7, 11) is 0. The van der Waals surface area contributed by atoms with Gasteiger partial charge < -0.3 is 9.15 Å². The first-order chi connectivity index (χ1) is 11.2. The zero-order valence-corrected chi connectivity index (χ0v) is 13.6. The molecule has 0 aliphatic heterocycles. The summed E-state index contributed by atoms with van der Waals surface area (Å²) in [5.41, 5.74) is 0.857. The number of benzene rings is 1. The summed E-state index contributed by atoms with van der Waals surface area (Å²) in [4.78, 5) is 0. The van der Waals surface area contributed by atoms with Gasteiger partial charge in [-0.1, -0.05) is 12.1 Å². The van der Waals surface area contributed by atoms with Gasteiger partial charge in [0.1, 0.15) is 17.3 Å². The minimum Gasteiger partial charge on any atom is -0.494 e. The highest BCUT2D eigenvalue weighted by Gasteiger charge is 2.09. The molecular weight excluding hydrogens is 312 g/mol. The Balaban J connectivity index is 1.97. The maximum absolute atomic E-state index is 5.52. The fraction of sp³-hybridized carbons (Fsp3) is 0.188. The van der Waals surface area contributed by atoms with Crippen LogP contribution >= 0.6 is 12.2 Å². The van der Waals surface area contributed by atoms with E-state index < -0.39 is 0 Å². The second-order valence-corrected chi connectivity index (χ2v) is 5.20. The molecule has 7 heteroatoms. The van der Waals surface area contributed by atoms with E-state index in [0.29, 0.717) is 23.0 Å². The molecule has 23 heavy (non-hydrogen) atoms. The molecule has 0 radical (unpaired) electrons. The van der Waals surface area contributed by atoms with Crippen LogP contribution < -0.4 is 4.74 Å². The molecule has 1 N–H and O–H groups in total. The fourth-order valence-corrected chi connectivity index (χ4v) is 2.29. The molecule has 0 saturated carbocycles. The Morgan fingerprint density at radius 3 is 3.00 bits per heavy atom. The number of aryl methyl sites for hydroxylation is 1. The number of aromatic amines is 1. The summed E-state index contributed by atoms with van der Waals surface area (Å²) in [5, 5.41) is 11.4. The number of rotatable bonds is 5. The van der Waals surface area contributed by atoms with E-state index in [1.165, 1.54) is 0 Å². The third-order valence-electron chi connectivity index (χ3n) is 3.12. The van der Waals surface area contributed by atoms with Crippen LogP contribution in [0.2, 0.25) is 0 Å². The standard InChI is InChI=1S/C16H16N4O2S/c1-3-21-13-6-4-5-12(9-13)15-18-19-16(23)20(15)17-10-14-8-7-11(2)22-14/h4-10H,3H2,1-2H3,(H,19,23)/b17-10-. The Kier molecular flexibility index (Phi) is 4.38. The van der Waals surface area contributed by atoms with Crippen molar-refractivity contribution >= 4 is 18.4 Å². The van der Waals surface area contributed by atoms with Crippen LogP contribution in [0.1, 0.15) is 18.4 Å². The van der Waals surface area contributed by atoms with Crippen molar-refractivity contribution in [1.29, 1.82) is 0 Å². The van der Waals surface area contributed by atoms with Crippen LogP contribution in [-0.2, 0) is 0 Å². The number of hydrogen-bond acceptors (Lipinski definition) is 5. The molecule has 0 aliphatic rings. The van der Waals surface area contributed by atoms with Gasteiger partial charge in [0, 0.05) is 5.56 Å². The van der Waals surface area contributed by atoms with Crippen molar-refractivity contribution in [3.05, 3.63) is 52.7 Å². The van der Waals surface area contributed by atoms with Crippen LogP contribution in [0.15, 0.2) is 45.9 Å². The minimum atomic E-state index is 0.404. The Hall–Kier alpha value is -2.67. The van der Waals surface area contributed by atoms with Crippen LogP contribution in [0.25, 0.3) is 11.4 Å². The average Bonchev–Trinajstić information content (AvgIpc) is 3.12. The number of ether oxygens (including phenoxy) is 1. The fourth-order valence-electron chi connectivity index (χ4n) is 2.11. The summed E-state index contributed by atoms with van der Waals surface area (Å²) < 4.78 is 12.9. The van der Waals surface area contributed by atoms with E-state index >= 15 is 0 Å². The summed E-state index contributed by atoms with van der Waals surface area (Å²) in [6.07, 6.45) is 1.61. The van der Waals surface area contributed by atoms with Crippen LogP contribution in [0.3, 0.4) is 0 Å². The van der Waals surface area contributed by atoms with Gasteiger partial charge in [-0.3, -0.25) is 0 Å². The number of aromatic nitrogens is 3. The van der Waals surface area contributed by atoms with Gasteiger partial charge in [-0.2, -0.15) is 14.9 Å². The molecule has 0 amide bonds. The number of furan rings is 1. The number of nitrogens with zero attached hydrogens (tertiary/aromatic N) is 3. The Labute approximate surface area is 138 Å². The van der Waals surface area contributed by atoms with E-state index in [2.05, 4.69) is 15.3 Å². The Morgan fingerprint density at radius 2 is 2.26 bits per heavy atom. The van der Waals surface area contributed by atoms with Crippen LogP contribution in [0.4, 0.5) is 0 Å². The van der Waals surface area contributed by atoms with Crippen molar-refractivity contribution in [1.82, 2.24) is 14.9 Å². The van der Waals surface area contributed by atoms with Gasteiger partial charge in [0.05, 0.1) is 12.8 Å². The lowest BCUT2D eigenvalue weighted by Crippen LogP contribution is -1.96. The Morgan fingerprint density at radius 1 is 1.39 bits per heavy atom. The first kappa shape index (κ1) is 15.2. The van der Waals surface area contributed by atoms with Crippen LogP contribution in [0, 0.1) is 11.7 Å². The number of nitrogens with one attached hydrogen (secondary N) is 1. The van der Waals surface area contributed by atoms with Crippen molar-refractivity contribution in [3.8, 4) is 17.1 Å². The van der Waals surface area contributed by atoms with Crippen LogP contribution in [-0.4, -0.2) is 27.7 Å². The van der Waals surface area contributed by atoms with E-state index in [9.17, 15) is 0 Å². The SMILES string of the molecule is CCOc1cccc(-c2n[nH]c(=S)n2/N=C\c2ccc(C)o2)c1. The summed E-state index contributed by atoms with van der Waals surface area (Å²) in [5.74, 6) is 2.86. The van der Waals surface area contributed by atoms with Crippen molar-refractivity contribution in [2.75, 3.05) is 6.61 Å². The molecule has 1 aromatic carbocycles. The minimum absolute atomic E-state index is 0.404. The molecule has 2 heterocycles. The van der Waals surface area contributed by atoms with E-state index in [1.54, 1.807) is 10.9 Å². The van der Waals surface area contributed by atoms with Gasteiger partial charge in [-0.15, -0.1) is 0 Å². The average molecular weight is 328 g/mol. The Bertz CT molecular complexity index is 891. The van der Waals surface area contributed by atoms with Gasteiger partial charge in [-0.05, 0) is 50.3 Å². The monoisotopic (exact) mass is 328 g/mol. The highest BCUT2D eigenvalue weighted by molar-refractivity contribution is 7.71. The predicted molar refractivity (Wildman–Crippen MR) is 90.5 cm³/mol. The maximum atomic E-state index is 5.52. The van der Waals surface area contributed by atoms with Gasteiger partial charge in [0.25, 0.3) is 0 Å². The lowest BCUT2D eigenvalue weighted by molar-refractivity contribution is 0.340. The third-order valence-corrected chi connectivity index (χ3v) is 3.38. The summed E-state index contributed by atoms with van der Waals surface area (Å²) in [6.45, 7) is 4.43. The van der Waals surface area contributed by atoms with Crippen molar-refractivity contribution in [3.63, 3.8) is 0 Å². The molecular formula is C16H16N4O2S. The van der Waals surface area contributed by atoms with Crippen LogP contribution in [0.5, 0.6) is 5.75 Å². The summed E-state index contributed by atoms with van der Waals surface area (Å²) in [6, 6.07) is 11.4. The van der Waals surface area contributed by atoms with Gasteiger partial charge in [0.2, 0.25) is 4.77 Å². The van der Waals surface area contributed by atoms with E-state index in [-0.39, 0.29) is 0 Å². The van der Waals surface area contributed by atoms with Crippen molar-refractivity contribution in [2.45, 2.75) is 13.8 Å². The molecule has 118 valence electrons. The molecule has 0 fully saturated rings. The predicted octanol–water partition coefficient (Wildman–Crippen LogP) is 3.79. The highest BCUT2D eigenvalue weighted by atomic mass is 32.1. The molecule has 0 aliphatic carbocycles. The van der Waals surface area contributed by atoms with Gasteiger partial charge in [0.15, 0.2) is 5.82 Å². The molecule has 3 aromatic rings. The molecule has 0 saturated heterocycles. The molecule has 0 unspecified atom stereocenters. The largest absolute Gasteiger partial charge is 0.494 e. The molecule has 0 atom stereocenters. The van der Waals surface area contributed by atoms with Crippen molar-refractivity contribution in [2.24, 2.45) is 5.10 Å². The topological polar surface area (TPSA) is 68.3 Å². The quantitative estimate of drug-likeness (QED) is 0.571. The lowest BCUT2D eigenvalue weighted by atomic mass is 10.2. The maximum Gasteiger partial charge on any atom is 0.216 e. The third kappa shape index (κ3) is 3.40. The zero-order valence-electron chi connectivity index (χ0n) is 12.8. The molecule has 6 nitrogen and oxygen atoms in total. The van der Waals surface area contributed by atoms with E-state index in [1.807, 2.05) is 50.2 Å². The van der Waals surface area contributed by atoms with Crippen molar-refractivity contribution < 1.29 is 9.15 Å². The molecule has 3 rings (SSSR count). The zero-order chi connectivity index (χ0) is 16.2. The first-order valence-electron chi connectivity index (χ1n) is 7.19. The summed E-state index contributed by atoms with van der Waals surface area (Å²) >= 11 is 5.25. The first-order valence-corrected chi connectivity index (χ1v) is 7.59. The number of H-pyrrole nitrogens is 1. The second kappa shape index (κ2) is 6.62. The second-order valence-electron chi connectivity index (χ2n) is 4.82. The smallest absolute Gasteiger partial charge is 0.216 e. The number of hydrogen-bond donors (Lipinski definition) is 1. The highest BCUT2D eigenvalue weighted by Crippen LogP contribution is 2.22. The molecule has 0 spiro atoms. The molecule has 2 aromatic heterocycles. The van der Waals surface area contributed by atoms with E-state index in [0.717, 1.165) is 17.1 Å². The van der Waals surface area contributed by atoms with E-state index in [4.69, 9.17) is 21.4 Å². The lowest BCUT2D eigenvalue weighted by Gasteiger charge is -2.05. The molecule has 0 bridgehead atoms. The van der Waals surface area contributed by atoms with Gasteiger partial charge >= 0.3 is 0 Å².